The summed E-state index contributed by atoms with van der Waals surface area (Å²) in [6.07, 6.45) is 3.24. The number of amides is 1. The zero-order valence-electron chi connectivity index (χ0n) is 13.3. The number of carbonyl (C=O) groups is 1. The van der Waals surface area contributed by atoms with Gasteiger partial charge in [-0.2, -0.15) is 0 Å². The van der Waals surface area contributed by atoms with Crippen molar-refractivity contribution in [2.75, 3.05) is 26.2 Å². The van der Waals surface area contributed by atoms with Gasteiger partial charge in [0.2, 0.25) is 5.91 Å². The summed E-state index contributed by atoms with van der Waals surface area (Å²) in [5.74, 6) is 1.63. The fourth-order valence-electron chi connectivity index (χ4n) is 3.26. The summed E-state index contributed by atoms with van der Waals surface area (Å²) in [5, 5.41) is 3.65. The summed E-state index contributed by atoms with van der Waals surface area (Å²) in [4.78, 5) is 13.4. The number of hydrogen-bond acceptors (Lipinski definition) is 3. The number of fused-ring (bicyclic) bond motifs is 1. The lowest BCUT2D eigenvalue weighted by Gasteiger charge is -2.37. The Kier molecular flexibility index (Phi) is 4.48. The maximum atomic E-state index is 11.5. The van der Waals surface area contributed by atoms with Crippen molar-refractivity contribution < 1.29 is 9.53 Å². The number of rotatable bonds is 3. The topological polar surface area (TPSA) is 41.6 Å². The van der Waals surface area contributed by atoms with E-state index in [4.69, 9.17) is 4.74 Å². The molecule has 0 saturated carbocycles. The number of para-hydroxylation sites is 1. The lowest BCUT2D eigenvalue weighted by atomic mass is 9.93. The van der Waals surface area contributed by atoms with E-state index in [1.807, 2.05) is 23.1 Å². The standard InChI is InChI=1S/C18H24N2O2/c1-13-11-20(14(2)21)8-7-17(13)19-10-15-9-16-5-3-4-6-18(16)22-12-15/h3-6,9,13,17,19H,7-8,10-12H2,1-2H3/t13-,17-/m1/s1. The molecule has 1 fully saturated rings. The number of ether oxygens (including phenoxy) is 1. The first-order valence-corrected chi connectivity index (χ1v) is 8.03. The van der Waals surface area contributed by atoms with Crippen LogP contribution >= 0.6 is 0 Å². The van der Waals surface area contributed by atoms with Crippen LogP contribution in [-0.2, 0) is 4.79 Å². The minimum Gasteiger partial charge on any atom is -0.489 e. The molecule has 118 valence electrons. The van der Waals surface area contributed by atoms with E-state index < -0.39 is 0 Å². The highest BCUT2D eigenvalue weighted by molar-refractivity contribution is 5.73. The van der Waals surface area contributed by atoms with Crippen LogP contribution in [0.15, 0.2) is 29.8 Å². The zero-order valence-corrected chi connectivity index (χ0v) is 13.3. The molecule has 1 saturated heterocycles. The van der Waals surface area contributed by atoms with Crippen molar-refractivity contribution >= 4 is 12.0 Å². The molecular formula is C18H24N2O2. The molecule has 3 rings (SSSR count). The smallest absolute Gasteiger partial charge is 0.219 e. The Labute approximate surface area is 132 Å². The molecule has 2 atom stereocenters. The van der Waals surface area contributed by atoms with E-state index in [2.05, 4.69) is 24.4 Å². The Balaban J connectivity index is 1.55. The van der Waals surface area contributed by atoms with E-state index in [1.54, 1.807) is 6.92 Å². The van der Waals surface area contributed by atoms with Crippen LogP contribution in [-0.4, -0.2) is 43.1 Å². The molecule has 0 unspecified atom stereocenters. The third kappa shape index (κ3) is 3.33. The van der Waals surface area contributed by atoms with Gasteiger partial charge >= 0.3 is 0 Å². The van der Waals surface area contributed by atoms with Gasteiger partial charge in [-0.3, -0.25) is 4.79 Å². The summed E-state index contributed by atoms with van der Waals surface area (Å²) < 4.78 is 5.79. The van der Waals surface area contributed by atoms with Gasteiger partial charge in [-0.25, -0.2) is 0 Å². The van der Waals surface area contributed by atoms with Gasteiger partial charge in [-0.15, -0.1) is 0 Å². The predicted octanol–water partition coefficient (Wildman–Crippen LogP) is 2.31. The highest BCUT2D eigenvalue weighted by atomic mass is 16.5. The van der Waals surface area contributed by atoms with Crippen molar-refractivity contribution in [3.05, 3.63) is 35.4 Å². The number of benzene rings is 1. The van der Waals surface area contributed by atoms with Gasteiger partial charge in [0.05, 0.1) is 0 Å². The molecule has 4 nitrogen and oxygen atoms in total. The number of carbonyl (C=O) groups excluding carboxylic acids is 1. The molecule has 1 N–H and O–H groups in total. The maximum absolute atomic E-state index is 11.5. The Morgan fingerprint density at radius 2 is 2.23 bits per heavy atom. The van der Waals surface area contributed by atoms with E-state index in [9.17, 15) is 4.79 Å². The van der Waals surface area contributed by atoms with Gasteiger partial charge in [0.15, 0.2) is 0 Å². The van der Waals surface area contributed by atoms with E-state index in [1.165, 1.54) is 5.57 Å². The maximum Gasteiger partial charge on any atom is 0.219 e. The van der Waals surface area contributed by atoms with Crippen molar-refractivity contribution in [2.45, 2.75) is 26.3 Å². The van der Waals surface area contributed by atoms with Gasteiger partial charge in [0.1, 0.15) is 12.4 Å². The first-order valence-electron chi connectivity index (χ1n) is 8.03. The summed E-state index contributed by atoms with van der Waals surface area (Å²) in [6, 6.07) is 8.60. The van der Waals surface area contributed by atoms with Crippen LogP contribution < -0.4 is 10.1 Å². The van der Waals surface area contributed by atoms with Crippen molar-refractivity contribution in [2.24, 2.45) is 5.92 Å². The molecule has 1 amide bonds. The Hall–Kier alpha value is -1.81. The van der Waals surface area contributed by atoms with Crippen LogP contribution in [0.4, 0.5) is 0 Å². The summed E-state index contributed by atoms with van der Waals surface area (Å²) in [6.45, 7) is 7.09. The number of likely N-dealkylation sites (tertiary alicyclic amines) is 1. The first kappa shape index (κ1) is 15.1. The Bertz CT molecular complexity index is 582. The minimum atomic E-state index is 0.185. The molecule has 1 aromatic rings. The van der Waals surface area contributed by atoms with Crippen molar-refractivity contribution in [3.8, 4) is 5.75 Å². The minimum absolute atomic E-state index is 0.185. The predicted molar refractivity (Wildman–Crippen MR) is 87.7 cm³/mol. The number of nitrogens with one attached hydrogen (secondary N) is 1. The number of nitrogens with zero attached hydrogens (tertiary/aromatic N) is 1. The Morgan fingerprint density at radius 3 is 3.00 bits per heavy atom. The second-order valence-electron chi connectivity index (χ2n) is 6.35. The third-order valence-corrected chi connectivity index (χ3v) is 4.63. The quantitative estimate of drug-likeness (QED) is 0.931. The van der Waals surface area contributed by atoms with Crippen molar-refractivity contribution in [1.29, 1.82) is 0 Å². The molecule has 0 aliphatic carbocycles. The van der Waals surface area contributed by atoms with Crippen LogP contribution in [0.5, 0.6) is 5.75 Å². The SMILES string of the molecule is CC(=O)N1CC[C@@H](NCC2=Cc3ccccc3OC2)[C@H](C)C1. The fourth-order valence-corrected chi connectivity index (χ4v) is 3.26. The average molecular weight is 300 g/mol. The lowest BCUT2D eigenvalue weighted by Crippen LogP contribution is -2.50. The largest absolute Gasteiger partial charge is 0.489 e. The van der Waals surface area contributed by atoms with Gasteiger partial charge < -0.3 is 15.0 Å². The van der Waals surface area contributed by atoms with Gasteiger partial charge in [-0.1, -0.05) is 25.1 Å². The van der Waals surface area contributed by atoms with Crippen LogP contribution in [0.2, 0.25) is 0 Å². The van der Waals surface area contributed by atoms with Crippen LogP contribution in [0.25, 0.3) is 6.08 Å². The number of hydrogen-bond donors (Lipinski definition) is 1. The normalized spacial score (nSPS) is 24.3. The lowest BCUT2D eigenvalue weighted by molar-refractivity contribution is -0.130. The average Bonchev–Trinajstić information content (AvgIpc) is 2.53. The fraction of sp³-hybridized carbons (Fsp3) is 0.500. The molecule has 0 spiro atoms. The zero-order chi connectivity index (χ0) is 15.5. The van der Waals surface area contributed by atoms with Crippen LogP contribution in [0.3, 0.4) is 0 Å². The molecule has 0 radical (unpaired) electrons. The van der Waals surface area contributed by atoms with Crippen molar-refractivity contribution in [1.82, 2.24) is 10.2 Å². The van der Waals surface area contributed by atoms with E-state index in [-0.39, 0.29) is 5.91 Å². The van der Waals surface area contributed by atoms with E-state index >= 15 is 0 Å². The molecule has 2 aliphatic heterocycles. The van der Waals surface area contributed by atoms with Gasteiger partial charge in [0, 0.05) is 38.2 Å². The Morgan fingerprint density at radius 1 is 1.41 bits per heavy atom. The summed E-state index contributed by atoms with van der Waals surface area (Å²) in [7, 11) is 0. The molecule has 0 aromatic heterocycles. The van der Waals surface area contributed by atoms with E-state index in [0.717, 1.165) is 37.4 Å². The van der Waals surface area contributed by atoms with Gasteiger partial charge in [-0.05, 0) is 30.1 Å². The molecule has 2 heterocycles. The number of piperidine rings is 1. The van der Waals surface area contributed by atoms with Gasteiger partial charge in [0.25, 0.3) is 0 Å². The van der Waals surface area contributed by atoms with Crippen LogP contribution in [0.1, 0.15) is 25.8 Å². The van der Waals surface area contributed by atoms with E-state index in [0.29, 0.717) is 18.6 Å². The molecule has 4 heteroatoms. The molecule has 1 aromatic carbocycles. The second-order valence-corrected chi connectivity index (χ2v) is 6.35. The molecule has 22 heavy (non-hydrogen) atoms. The molecule has 2 aliphatic rings. The third-order valence-electron chi connectivity index (χ3n) is 4.63. The first-order chi connectivity index (χ1) is 10.6. The van der Waals surface area contributed by atoms with Crippen molar-refractivity contribution in [3.63, 3.8) is 0 Å². The highest BCUT2D eigenvalue weighted by Crippen LogP contribution is 2.25. The summed E-state index contributed by atoms with van der Waals surface area (Å²) in [5.41, 5.74) is 2.44. The summed E-state index contributed by atoms with van der Waals surface area (Å²) >= 11 is 0. The molecular weight excluding hydrogens is 276 g/mol. The highest BCUT2D eigenvalue weighted by Gasteiger charge is 2.27. The monoisotopic (exact) mass is 300 g/mol. The van der Waals surface area contributed by atoms with Crippen LogP contribution in [0, 0.1) is 5.92 Å². The second kappa shape index (κ2) is 6.53. The molecule has 0 bridgehead atoms.